The van der Waals surface area contributed by atoms with Crippen molar-refractivity contribution in [3.63, 3.8) is 0 Å². The molecule has 5 N–H and O–H groups in total. The van der Waals surface area contributed by atoms with Gasteiger partial charge in [0.1, 0.15) is 18.1 Å². The molecule has 0 bridgehead atoms. The van der Waals surface area contributed by atoms with Gasteiger partial charge >= 0.3 is 12.1 Å². The predicted octanol–water partition coefficient (Wildman–Crippen LogP) is -1.83. The topological polar surface area (TPSA) is 164 Å². The quantitative estimate of drug-likeness (QED) is 0.465. The first-order chi connectivity index (χ1) is 13.7. The molecule has 0 saturated carbocycles. The minimum absolute atomic E-state index is 0.0570. The zero-order chi connectivity index (χ0) is 23.4. The fourth-order valence-corrected chi connectivity index (χ4v) is 3.29. The highest BCUT2D eigenvalue weighted by Gasteiger charge is 2.46. The Kier molecular flexibility index (Phi) is 8.22. The van der Waals surface area contributed by atoms with E-state index >= 15 is 0 Å². The van der Waals surface area contributed by atoms with Crippen molar-refractivity contribution >= 4 is 23.8 Å². The number of hydrogen-bond donors (Lipinski definition) is 3. The summed E-state index contributed by atoms with van der Waals surface area (Å²) in [6, 6.07) is -1.15. The maximum atomic E-state index is 12.9. The molecular formula is C17H24F3N3O7. The molecule has 2 aliphatic rings. The molecule has 1 saturated heterocycles. The number of alkyl halides is 3. The number of carboxylic acids is 2. The summed E-state index contributed by atoms with van der Waals surface area (Å²) < 4.78 is 37.0. The van der Waals surface area contributed by atoms with Gasteiger partial charge < -0.3 is 35.7 Å². The van der Waals surface area contributed by atoms with Gasteiger partial charge in [0, 0.05) is 25.1 Å². The van der Waals surface area contributed by atoms with Crippen LogP contribution >= 0.6 is 0 Å². The molecule has 0 aromatic rings. The van der Waals surface area contributed by atoms with Gasteiger partial charge in [0.05, 0.1) is 0 Å². The molecule has 0 radical (unpaired) electrons. The molecule has 5 atom stereocenters. The van der Waals surface area contributed by atoms with Gasteiger partial charge in [-0.05, 0) is 26.7 Å². The Morgan fingerprint density at radius 1 is 1.23 bits per heavy atom. The average Bonchev–Trinajstić information content (AvgIpc) is 2.93. The Morgan fingerprint density at radius 3 is 2.07 bits per heavy atom. The van der Waals surface area contributed by atoms with Crippen molar-refractivity contribution in [1.82, 2.24) is 10.2 Å². The van der Waals surface area contributed by atoms with Crippen LogP contribution < -0.4 is 16.2 Å². The molecule has 170 valence electrons. The van der Waals surface area contributed by atoms with Crippen LogP contribution in [0.2, 0.25) is 0 Å². The molecule has 2 heterocycles. The van der Waals surface area contributed by atoms with Crippen LogP contribution in [-0.4, -0.2) is 70.2 Å². The molecule has 0 aromatic heterocycles. The number of quaternary nitrogens is 1. The molecule has 10 nitrogen and oxygen atoms in total. The van der Waals surface area contributed by atoms with E-state index in [1.165, 1.54) is 13.0 Å². The van der Waals surface area contributed by atoms with Gasteiger partial charge in [-0.1, -0.05) is 0 Å². The summed E-state index contributed by atoms with van der Waals surface area (Å²) in [6.45, 7) is 5.24. The van der Waals surface area contributed by atoms with Crippen LogP contribution in [0.25, 0.3) is 0 Å². The van der Waals surface area contributed by atoms with Crippen molar-refractivity contribution in [2.75, 3.05) is 0 Å². The number of nitrogens with zero attached hydrogens (tertiary/aromatic N) is 1. The summed E-state index contributed by atoms with van der Waals surface area (Å²) in [7, 11) is 0. The highest BCUT2D eigenvalue weighted by atomic mass is 19.4. The highest BCUT2D eigenvalue weighted by Crippen LogP contribution is 2.27. The minimum Gasteiger partial charge on any atom is -0.542 e. The molecule has 1 fully saturated rings. The molecular weight excluding hydrogens is 415 g/mol. The van der Waals surface area contributed by atoms with Crippen LogP contribution in [0.1, 0.15) is 33.6 Å². The van der Waals surface area contributed by atoms with Gasteiger partial charge in [0.25, 0.3) is 5.91 Å². The highest BCUT2D eigenvalue weighted by molar-refractivity contribution is 5.88. The lowest BCUT2D eigenvalue weighted by atomic mass is 9.97. The van der Waals surface area contributed by atoms with E-state index in [1.54, 1.807) is 4.90 Å². The number of nitrogens with one attached hydrogen (secondary N) is 1. The zero-order valence-corrected chi connectivity index (χ0v) is 16.6. The minimum atomic E-state index is -5.19. The number of likely N-dealkylation sites (tertiary alicyclic amines) is 1. The van der Waals surface area contributed by atoms with Gasteiger partial charge in [-0.25, -0.2) is 4.79 Å². The summed E-state index contributed by atoms with van der Waals surface area (Å²) in [5.41, 5.74) is 3.86. The van der Waals surface area contributed by atoms with Crippen LogP contribution in [-0.2, 0) is 23.9 Å². The van der Waals surface area contributed by atoms with Crippen molar-refractivity contribution < 1.29 is 53.0 Å². The van der Waals surface area contributed by atoms with E-state index < -0.39 is 36.3 Å². The number of carbonyl (C=O) groups excluding carboxylic acids is 3. The normalized spacial score (nSPS) is 28.4. The molecule has 2 amide bonds. The van der Waals surface area contributed by atoms with Crippen molar-refractivity contribution in [2.24, 2.45) is 0 Å². The first-order valence-corrected chi connectivity index (χ1v) is 8.99. The second-order valence-corrected chi connectivity index (χ2v) is 7.07. The van der Waals surface area contributed by atoms with E-state index in [0.717, 1.165) is 12.8 Å². The van der Waals surface area contributed by atoms with Crippen LogP contribution in [0.5, 0.6) is 0 Å². The largest absolute Gasteiger partial charge is 0.542 e. The van der Waals surface area contributed by atoms with Crippen molar-refractivity contribution in [3.05, 3.63) is 11.8 Å². The van der Waals surface area contributed by atoms with Gasteiger partial charge in [-0.2, -0.15) is 13.2 Å². The fourth-order valence-electron chi connectivity index (χ4n) is 3.29. The van der Waals surface area contributed by atoms with E-state index in [4.69, 9.17) is 19.7 Å². The summed E-state index contributed by atoms with van der Waals surface area (Å²) in [4.78, 5) is 46.1. The summed E-state index contributed by atoms with van der Waals surface area (Å²) in [5, 5.41) is 20.6. The van der Waals surface area contributed by atoms with Crippen LogP contribution in [0.3, 0.4) is 0 Å². The maximum absolute atomic E-state index is 12.9. The molecule has 13 heteroatoms. The number of carbonyl (C=O) groups is 4. The molecule has 30 heavy (non-hydrogen) atoms. The fraction of sp³-hybridized carbons (Fsp3) is 0.647. The smallest absolute Gasteiger partial charge is 0.430 e. The van der Waals surface area contributed by atoms with Gasteiger partial charge in [0.2, 0.25) is 17.8 Å². The van der Waals surface area contributed by atoms with E-state index in [2.05, 4.69) is 11.1 Å². The number of amides is 2. The number of rotatable bonds is 3. The van der Waals surface area contributed by atoms with Crippen LogP contribution in [0.4, 0.5) is 13.2 Å². The number of hydrogen-bond acceptors (Lipinski definition) is 6. The second kappa shape index (κ2) is 9.78. The second-order valence-electron chi connectivity index (χ2n) is 7.07. The van der Waals surface area contributed by atoms with Gasteiger partial charge in [0.15, 0.2) is 0 Å². The predicted molar refractivity (Wildman–Crippen MR) is 90.9 cm³/mol. The Hall–Kier alpha value is -2.83. The lowest BCUT2D eigenvalue weighted by molar-refractivity contribution is -0.414. The first-order valence-electron chi connectivity index (χ1n) is 8.99. The monoisotopic (exact) mass is 439 g/mol. The number of carboxylic acid groups (broad SMARTS) is 2. The van der Waals surface area contributed by atoms with Crippen molar-refractivity contribution in [3.8, 4) is 0 Å². The first kappa shape index (κ1) is 25.2. The zero-order valence-electron chi connectivity index (χ0n) is 16.6. The maximum Gasteiger partial charge on any atom is 0.430 e. The van der Waals surface area contributed by atoms with Crippen LogP contribution in [0, 0.1) is 0 Å². The number of ether oxygens (including phenoxy) is 1. The van der Waals surface area contributed by atoms with Crippen molar-refractivity contribution in [2.45, 2.75) is 70.1 Å². The lowest BCUT2D eigenvalue weighted by Gasteiger charge is -2.37. The molecule has 0 aromatic carbocycles. The molecule has 0 spiro atoms. The summed E-state index contributed by atoms with van der Waals surface area (Å²) in [6.07, 6.45) is -3.18. The molecule has 2 aliphatic heterocycles. The number of aliphatic carboxylic acids is 2. The Bertz CT molecular complexity index is 716. The Morgan fingerprint density at radius 2 is 1.70 bits per heavy atom. The average molecular weight is 439 g/mol. The van der Waals surface area contributed by atoms with E-state index in [1.807, 2.05) is 13.8 Å². The van der Waals surface area contributed by atoms with Crippen LogP contribution in [0.15, 0.2) is 11.8 Å². The van der Waals surface area contributed by atoms with E-state index in [9.17, 15) is 27.6 Å². The third-order valence-electron chi connectivity index (χ3n) is 4.67. The van der Waals surface area contributed by atoms with Gasteiger partial charge in [-0.15, -0.1) is 0 Å². The molecule has 0 aliphatic carbocycles. The number of halogens is 3. The summed E-state index contributed by atoms with van der Waals surface area (Å²) in [5.74, 6) is -5.18. The Balaban J connectivity index is 0.000000553. The Labute approximate surface area is 169 Å². The standard InChI is InChI=1S/C15H23N3O5.C2HF3O2/c1-7-4-5-8(2)18(7)14(20)13-12(17-9(3)19)10(16)6-11(23-13)15(21)22;3-2(4,5)1(6)7/h6-8,10,12-13H,4-5,16H2,1-3H3,(H,17,19)(H,21,22);(H,6,7)/t7-,8-,10+,12-,13-;/m1./s1. The third-order valence-corrected chi connectivity index (χ3v) is 4.67. The van der Waals surface area contributed by atoms with Gasteiger partial charge in [-0.3, -0.25) is 9.59 Å². The molecule has 0 unspecified atom stereocenters. The van der Waals surface area contributed by atoms with E-state index in [-0.39, 0.29) is 29.7 Å². The SMILES string of the molecule is CC(=O)N[C@@H]1[C@@H]([NH3+])C=C(C(=O)O)O[C@H]1C(=O)N1[C@H](C)CC[C@H]1C.O=C([O-])C(F)(F)F. The van der Waals surface area contributed by atoms with E-state index in [0.29, 0.717) is 0 Å². The molecule has 2 rings (SSSR count). The lowest BCUT2D eigenvalue weighted by Crippen LogP contribution is -2.74. The van der Waals surface area contributed by atoms with Crippen molar-refractivity contribution in [1.29, 1.82) is 0 Å². The summed E-state index contributed by atoms with van der Waals surface area (Å²) >= 11 is 0. The third kappa shape index (κ3) is 6.34.